The summed E-state index contributed by atoms with van der Waals surface area (Å²) >= 11 is 0. The summed E-state index contributed by atoms with van der Waals surface area (Å²) in [7, 11) is 3.25. The summed E-state index contributed by atoms with van der Waals surface area (Å²) in [6, 6.07) is 8.35. The summed E-state index contributed by atoms with van der Waals surface area (Å²) < 4.78 is 40.0. The van der Waals surface area contributed by atoms with E-state index in [-0.39, 0.29) is 30.5 Å². The number of nitrogen functional groups attached to an aromatic ring is 1. The van der Waals surface area contributed by atoms with Crippen molar-refractivity contribution in [3.05, 3.63) is 65.1 Å². The Balaban J connectivity index is 0.00000420. The maximum absolute atomic E-state index is 13.3. The van der Waals surface area contributed by atoms with Crippen LogP contribution < -0.4 is 11.1 Å². The number of aliphatic hydroxyl groups excluding tert-OH is 1. The molecule has 1 aliphatic heterocycles. The van der Waals surface area contributed by atoms with Gasteiger partial charge in [-0.05, 0) is 55.3 Å². The molecule has 2 heterocycles. The second-order valence-corrected chi connectivity index (χ2v) is 9.27. The molecule has 39 heavy (non-hydrogen) atoms. The molecule has 4 N–H and O–H groups in total. The topological polar surface area (TPSA) is 120 Å². The number of aryl methyl sites for hydroxylation is 1. The van der Waals surface area contributed by atoms with E-state index in [4.69, 9.17) is 5.73 Å². The Hall–Kier alpha value is -3.90. The molecule has 4 rings (SSSR count). The van der Waals surface area contributed by atoms with E-state index in [2.05, 4.69) is 20.3 Å². The number of amides is 1. The molecule has 13 heteroatoms. The molecule has 0 saturated heterocycles. The predicted molar refractivity (Wildman–Crippen MR) is 147 cm³/mol. The van der Waals surface area contributed by atoms with Crippen molar-refractivity contribution in [1.29, 1.82) is 0 Å². The lowest BCUT2D eigenvalue weighted by atomic mass is 10.0. The van der Waals surface area contributed by atoms with Crippen LogP contribution in [0.3, 0.4) is 0 Å². The number of halogens is 4. The van der Waals surface area contributed by atoms with E-state index in [1.165, 1.54) is 22.1 Å². The number of allylic oxidation sites excluding steroid dienone is 1. The van der Waals surface area contributed by atoms with E-state index in [1.807, 2.05) is 12.1 Å². The fourth-order valence-corrected chi connectivity index (χ4v) is 4.00. The Bertz CT molecular complexity index is 1440. The highest BCUT2D eigenvalue weighted by Gasteiger charge is 2.31. The van der Waals surface area contributed by atoms with Crippen molar-refractivity contribution in [1.82, 2.24) is 19.8 Å². The molecule has 0 spiro atoms. The third-order valence-electron chi connectivity index (χ3n) is 6.06. The van der Waals surface area contributed by atoms with Crippen LogP contribution in [0.4, 0.5) is 24.7 Å². The normalized spacial score (nSPS) is 15.9. The van der Waals surface area contributed by atoms with Crippen LogP contribution in [0, 0.1) is 6.92 Å². The van der Waals surface area contributed by atoms with Gasteiger partial charge in [0.2, 0.25) is 12.3 Å². The lowest BCUT2D eigenvalue weighted by Crippen LogP contribution is -2.40. The van der Waals surface area contributed by atoms with Gasteiger partial charge in [0.25, 0.3) is 0 Å². The van der Waals surface area contributed by atoms with Crippen LogP contribution in [-0.4, -0.2) is 64.0 Å². The van der Waals surface area contributed by atoms with Crippen molar-refractivity contribution in [2.75, 3.05) is 31.7 Å². The molecule has 2 aromatic carbocycles. The van der Waals surface area contributed by atoms with E-state index < -0.39 is 24.1 Å². The highest BCUT2D eigenvalue weighted by atomic mass is 35.5. The molecule has 9 nitrogen and oxygen atoms in total. The van der Waals surface area contributed by atoms with Gasteiger partial charge in [-0.2, -0.15) is 13.2 Å². The molecule has 1 aromatic heterocycles. The third-order valence-corrected chi connectivity index (χ3v) is 6.06. The number of anilines is 2. The number of benzene rings is 2. The minimum atomic E-state index is -4.52. The predicted octanol–water partition coefficient (Wildman–Crippen LogP) is 4.23. The molecule has 2 atom stereocenters. The number of nitrogens with two attached hydrogens (primary N) is 1. The summed E-state index contributed by atoms with van der Waals surface area (Å²) in [5.74, 6) is 0.721. The van der Waals surface area contributed by atoms with E-state index >= 15 is 0 Å². The zero-order valence-electron chi connectivity index (χ0n) is 21.7. The number of likely N-dealkylation sites (N-methyl/N-ethyl adjacent to an activating group) is 1. The van der Waals surface area contributed by atoms with Gasteiger partial charge in [0, 0.05) is 43.2 Å². The van der Waals surface area contributed by atoms with Gasteiger partial charge in [0.1, 0.15) is 18.2 Å². The van der Waals surface area contributed by atoms with E-state index in [1.54, 1.807) is 40.2 Å². The summed E-state index contributed by atoms with van der Waals surface area (Å²) in [4.78, 5) is 28.1. The molecular formula is C26H29ClF3N7O2. The number of hydrogen-bond donors (Lipinski definition) is 3. The summed E-state index contributed by atoms with van der Waals surface area (Å²) in [5, 5.41) is 14.1. The maximum Gasteiger partial charge on any atom is 0.416 e. The first-order valence-electron chi connectivity index (χ1n) is 11.7. The quantitative estimate of drug-likeness (QED) is 0.384. The van der Waals surface area contributed by atoms with Crippen molar-refractivity contribution < 1.29 is 23.1 Å². The maximum atomic E-state index is 13.3. The molecule has 0 saturated carbocycles. The minimum absolute atomic E-state index is 0. The first-order valence-corrected chi connectivity index (χ1v) is 11.7. The molecule has 0 radical (unpaired) electrons. The molecule has 208 valence electrons. The highest BCUT2D eigenvalue weighted by molar-refractivity contribution is 6.11. The van der Waals surface area contributed by atoms with Gasteiger partial charge in [-0.15, -0.1) is 12.4 Å². The third kappa shape index (κ3) is 6.76. The molecule has 0 fully saturated rings. The average Bonchev–Trinajstić information content (AvgIpc) is 2.84. The molecule has 1 aliphatic rings. The molecule has 3 aromatic rings. The SMILES string of the molecule is Cc1nc(N[C@H](C)c2cc(N)cc(C(F)(F)F)c2)c2cc(C3=CN(CC(=O)N(C)C)[C@H](O)N=C3)ccc2n1.Cl. The monoisotopic (exact) mass is 563 g/mol. The number of hydrogen-bond acceptors (Lipinski definition) is 8. The van der Waals surface area contributed by atoms with Gasteiger partial charge in [-0.25, -0.2) is 15.0 Å². The largest absolute Gasteiger partial charge is 0.416 e. The van der Waals surface area contributed by atoms with Crippen molar-refractivity contribution >= 4 is 52.5 Å². The number of fused-ring (bicyclic) bond motifs is 1. The molecule has 0 unspecified atom stereocenters. The van der Waals surface area contributed by atoms with Crippen molar-refractivity contribution in [3.8, 4) is 0 Å². The average molecular weight is 564 g/mol. The molecule has 1 amide bonds. The zero-order valence-corrected chi connectivity index (χ0v) is 22.5. The zero-order chi connectivity index (χ0) is 27.8. The summed E-state index contributed by atoms with van der Waals surface area (Å²) in [6.45, 7) is 3.39. The number of carbonyl (C=O) groups excluding carboxylic acids is 1. The van der Waals surface area contributed by atoms with E-state index in [0.717, 1.165) is 17.7 Å². The summed E-state index contributed by atoms with van der Waals surface area (Å²) in [6.07, 6.45) is -2.55. The number of carbonyl (C=O) groups is 1. The first kappa shape index (κ1) is 29.7. The van der Waals surface area contributed by atoms with Crippen molar-refractivity contribution in [2.24, 2.45) is 4.99 Å². The van der Waals surface area contributed by atoms with E-state index in [0.29, 0.717) is 33.7 Å². The first-order chi connectivity index (χ1) is 17.8. The number of nitrogens with one attached hydrogen (secondary N) is 1. The number of rotatable bonds is 6. The van der Waals surface area contributed by atoms with Crippen LogP contribution in [0.2, 0.25) is 0 Å². The van der Waals surface area contributed by atoms with Gasteiger partial charge >= 0.3 is 6.18 Å². The highest BCUT2D eigenvalue weighted by Crippen LogP contribution is 2.34. The Labute approximate surface area is 229 Å². The van der Waals surface area contributed by atoms with Crippen molar-refractivity contribution in [3.63, 3.8) is 0 Å². The Morgan fingerprint density at radius 1 is 1.21 bits per heavy atom. The number of aliphatic hydroxyl groups is 1. The van der Waals surface area contributed by atoms with Gasteiger partial charge in [0.05, 0.1) is 17.1 Å². The number of nitrogens with zero attached hydrogens (tertiary/aromatic N) is 5. The smallest absolute Gasteiger partial charge is 0.399 e. The Morgan fingerprint density at radius 2 is 1.92 bits per heavy atom. The van der Waals surface area contributed by atoms with Crippen LogP contribution in [0.1, 0.15) is 35.5 Å². The number of alkyl halides is 3. The van der Waals surface area contributed by atoms with Gasteiger partial charge in [-0.3, -0.25) is 4.79 Å². The second kappa shape index (κ2) is 11.5. The van der Waals surface area contributed by atoms with Gasteiger partial charge in [0.15, 0.2) is 0 Å². The molecule has 0 bridgehead atoms. The van der Waals surface area contributed by atoms with Crippen molar-refractivity contribution in [2.45, 2.75) is 32.4 Å². The lowest BCUT2D eigenvalue weighted by Gasteiger charge is -2.28. The molecule has 0 aliphatic carbocycles. The van der Waals surface area contributed by atoms with Gasteiger partial charge in [-0.1, -0.05) is 6.07 Å². The minimum Gasteiger partial charge on any atom is -0.399 e. The van der Waals surface area contributed by atoms with Crippen LogP contribution in [0.25, 0.3) is 16.5 Å². The van der Waals surface area contributed by atoms with Crippen LogP contribution in [0.15, 0.2) is 47.6 Å². The fraction of sp³-hybridized carbons (Fsp3) is 0.308. The lowest BCUT2D eigenvalue weighted by molar-refractivity contribution is -0.137. The second-order valence-electron chi connectivity index (χ2n) is 9.27. The van der Waals surface area contributed by atoms with Gasteiger partial charge < -0.3 is 26.0 Å². The fourth-order valence-electron chi connectivity index (χ4n) is 4.00. The number of aliphatic imine (C=N–C) groups is 1. The van der Waals surface area contributed by atoms with Crippen LogP contribution in [0.5, 0.6) is 0 Å². The standard InChI is InChI=1S/C26H28F3N7O2.ClH/c1-14(17-7-19(26(27,28)29)10-20(30)8-17)32-24-21-9-16(5-6-22(21)33-15(2)34-24)18-11-31-25(38)36(12-18)13-23(37)35(3)4;/h5-12,14,25,38H,13,30H2,1-4H3,(H,32,33,34);1H/t14-,25-;/m1./s1. The van der Waals surface area contributed by atoms with Crippen LogP contribution in [-0.2, 0) is 11.0 Å². The number of aromatic nitrogens is 2. The van der Waals surface area contributed by atoms with Crippen LogP contribution >= 0.6 is 12.4 Å². The Kier molecular flexibility index (Phi) is 8.71. The summed E-state index contributed by atoms with van der Waals surface area (Å²) in [5.41, 5.74) is 7.30. The Morgan fingerprint density at radius 3 is 2.59 bits per heavy atom. The van der Waals surface area contributed by atoms with E-state index in [9.17, 15) is 23.1 Å². The molecular weight excluding hydrogens is 535 g/mol.